The third-order valence-electron chi connectivity index (χ3n) is 4.09. The van der Waals surface area contributed by atoms with Gasteiger partial charge in [-0.25, -0.2) is 0 Å². The van der Waals surface area contributed by atoms with Crippen molar-refractivity contribution in [1.82, 2.24) is 10.2 Å². The minimum atomic E-state index is -0.519. The molecule has 2 saturated carbocycles. The van der Waals surface area contributed by atoms with Crippen molar-refractivity contribution in [2.24, 2.45) is 5.92 Å². The molecule has 4 heteroatoms. The van der Waals surface area contributed by atoms with Gasteiger partial charge >= 0.3 is 5.97 Å². The number of carbonyl (C=O) groups excluding carboxylic acids is 1. The number of nitrogens with one attached hydrogen (secondary N) is 1. The molecule has 2 aliphatic carbocycles. The van der Waals surface area contributed by atoms with Gasteiger partial charge in [0.05, 0.1) is 6.61 Å². The predicted octanol–water partition coefficient (Wildman–Crippen LogP) is 1.79. The Morgan fingerprint density at radius 2 is 2.05 bits per heavy atom. The Morgan fingerprint density at radius 3 is 2.58 bits per heavy atom. The van der Waals surface area contributed by atoms with Gasteiger partial charge in [-0.15, -0.1) is 0 Å². The highest BCUT2D eigenvalue weighted by Crippen LogP contribution is 2.30. The lowest BCUT2D eigenvalue weighted by molar-refractivity contribution is -0.151. The van der Waals surface area contributed by atoms with E-state index in [1.807, 2.05) is 13.8 Å². The van der Waals surface area contributed by atoms with Crippen LogP contribution in [0.25, 0.3) is 0 Å². The number of ether oxygens (including phenoxy) is 1. The van der Waals surface area contributed by atoms with Crippen LogP contribution in [0.2, 0.25) is 0 Å². The van der Waals surface area contributed by atoms with Crippen LogP contribution in [0.3, 0.4) is 0 Å². The first kappa shape index (κ1) is 14.8. The van der Waals surface area contributed by atoms with E-state index >= 15 is 0 Å². The average Bonchev–Trinajstić information content (AvgIpc) is 3.23. The van der Waals surface area contributed by atoms with E-state index in [0.717, 1.165) is 18.9 Å². The fourth-order valence-electron chi connectivity index (χ4n) is 2.45. The number of rotatable bonds is 9. The van der Waals surface area contributed by atoms with Crippen LogP contribution in [-0.2, 0) is 9.53 Å². The molecule has 1 atom stereocenters. The zero-order valence-electron chi connectivity index (χ0n) is 12.6. The molecule has 2 rings (SSSR count). The monoisotopic (exact) mass is 268 g/mol. The van der Waals surface area contributed by atoms with Crippen molar-refractivity contribution in [3.63, 3.8) is 0 Å². The summed E-state index contributed by atoms with van der Waals surface area (Å²) in [7, 11) is 2.15. The fraction of sp³-hybridized carbons (Fsp3) is 0.933. The maximum Gasteiger partial charge on any atom is 0.326 e. The van der Waals surface area contributed by atoms with Crippen molar-refractivity contribution in [3.8, 4) is 0 Å². The number of esters is 1. The molecule has 0 bridgehead atoms. The molecule has 0 radical (unpaired) electrons. The van der Waals surface area contributed by atoms with Gasteiger partial charge in [-0.3, -0.25) is 10.1 Å². The number of hydrogen-bond donors (Lipinski definition) is 1. The summed E-state index contributed by atoms with van der Waals surface area (Å²) in [4.78, 5) is 14.5. The van der Waals surface area contributed by atoms with Crippen molar-refractivity contribution in [3.05, 3.63) is 0 Å². The summed E-state index contributed by atoms with van der Waals surface area (Å²) in [6.07, 6.45) is 5.95. The summed E-state index contributed by atoms with van der Waals surface area (Å²) in [5.74, 6) is 0.803. The van der Waals surface area contributed by atoms with Crippen LogP contribution in [0.4, 0.5) is 0 Å². The third-order valence-corrected chi connectivity index (χ3v) is 4.09. The molecule has 1 N–H and O–H groups in total. The second kappa shape index (κ2) is 6.23. The highest BCUT2D eigenvalue weighted by atomic mass is 16.5. The number of hydrogen-bond acceptors (Lipinski definition) is 4. The molecule has 110 valence electrons. The molecule has 2 aliphatic rings. The van der Waals surface area contributed by atoms with E-state index in [1.54, 1.807) is 0 Å². The lowest BCUT2D eigenvalue weighted by Gasteiger charge is -2.30. The number of carbonyl (C=O) groups is 1. The van der Waals surface area contributed by atoms with Gasteiger partial charge in [-0.05, 0) is 58.9 Å². The third kappa shape index (κ3) is 4.77. The van der Waals surface area contributed by atoms with Crippen LogP contribution in [0.5, 0.6) is 0 Å². The van der Waals surface area contributed by atoms with Crippen molar-refractivity contribution >= 4 is 5.97 Å². The summed E-state index contributed by atoms with van der Waals surface area (Å²) < 4.78 is 5.24. The lowest BCUT2D eigenvalue weighted by atomic mass is 9.97. The molecule has 0 amide bonds. The molecule has 0 aliphatic heterocycles. The molecule has 19 heavy (non-hydrogen) atoms. The lowest BCUT2D eigenvalue weighted by Crippen LogP contribution is -2.53. The molecule has 4 nitrogen and oxygen atoms in total. The SMILES string of the molecule is CCOC(=O)C(C)(CCN(C)CC1CC1)NC1CC1. The van der Waals surface area contributed by atoms with Crippen LogP contribution in [0.1, 0.15) is 46.0 Å². The maximum atomic E-state index is 12.2. The maximum absolute atomic E-state index is 12.2. The summed E-state index contributed by atoms with van der Waals surface area (Å²) in [6, 6.07) is 0.517. The van der Waals surface area contributed by atoms with Gasteiger partial charge in [0.25, 0.3) is 0 Å². The molecular formula is C15H28N2O2. The fourth-order valence-corrected chi connectivity index (χ4v) is 2.45. The zero-order chi connectivity index (χ0) is 13.9. The number of nitrogens with zero attached hydrogens (tertiary/aromatic N) is 1. The Balaban J connectivity index is 1.82. The highest BCUT2D eigenvalue weighted by Gasteiger charge is 2.39. The van der Waals surface area contributed by atoms with Gasteiger partial charge in [0.2, 0.25) is 0 Å². The van der Waals surface area contributed by atoms with Gasteiger partial charge in [0.15, 0.2) is 0 Å². The smallest absolute Gasteiger partial charge is 0.326 e. The molecule has 0 saturated heterocycles. The molecule has 0 aromatic rings. The molecule has 1 unspecified atom stereocenters. The zero-order valence-corrected chi connectivity index (χ0v) is 12.6. The van der Waals surface area contributed by atoms with Crippen molar-refractivity contribution in [2.45, 2.75) is 57.5 Å². The second-order valence-corrected chi connectivity index (χ2v) is 6.43. The van der Waals surface area contributed by atoms with Crippen molar-refractivity contribution in [2.75, 3.05) is 26.7 Å². The van der Waals surface area contributed by atoms with E-state index < -0.39 is 5.54 Å². The summed E-state index contributed by atoms with van der Waals surface area (Å²) >= 11 is 0. The Bertz CT molecular complexity index is 313. The largest absolute Gasteiger partial charge is 0.465 e. The Hall–Kier alpha value is -0.610. The van der Waals surface area contributed by atoms with Gasteiger partial charge in [-0.2, -0.15) is 0 Å². The van der Waals surface area contributed by atoms with E-state index in [4.69, 9.17) is 4.74 Å². The Morgan fingerprint density at radius 1 is 1.37 bits per heavy atom. The molecule has 0 aromatic carbocycles. The second-order valence-electron chi connectivity index (χ2n) is 6.43. The Labute approximate surface area is 116 Å². The van der Waals surface area contributed by atoms with Crippen LogP contribution < -0.4 is 5.32 Å². The predicted molar refractivity (Wildman–Crippen MR) is 76.0 cm³/mol. The van der Waals surface area contributed by atoms with Crippen LogP contribution in [0, 0.1) is 5.92 Å². The summed E-state index contributed by atoms with van der Waals surface area (Å²) in [6.45, 7) is 6.44. The van der Waals surface area contributed by atoms with E-state index in [9.17, 15) is 4.79 Å². The van der Waals surface area contributed by atoms with Crippen LogP contribution >= 0.6 is 0 Å². The van der Waals surface area contributed by atoms with Crippen LogP contribution in [-0.4, -0.2) is 49.2 Å². The van der Waals surface area contributed by atoms with Gasteiger partial charge in [0, 0.05) is 19.1 Å². The minimum Gasteiger partial charge on any atom is -0.465 e. The first-order valence-corrected chi connectivity index (χ1v) is 7.67. The van der Waals surface area contributed by atoms with Crippen molar-refractivity contribution < 1.29 is 9.53 Å². The first-order chi connectivity index (χ1) is 9.03. The highest BCUT2D eigenvalue weighted by molar-refractivity contribution is 5.80. The molecule has 0 spiro atoms. The summed E-state index contributed by atoms with van der Waals surface area (Å²) in [5.41, 5.74) is -0.519. The molecule has 0 heterocycles. The molecular weight excluding hydrogens is 240 g/mol. The molecule has 0 aromatic heterocycles. The first-order valence-electron chi connectivity index (χ1n) is 7.67. The van der Waals surface area contributed by atoms with Gasteiger partial charge in [0.1, 0.15) is 5.54 Å². The topological polar surface area (TPSA) is 41.6 Å². The quantitative estimate of drug-likeness (QED) is 0.647. The standard InChI is InChI=1S/C15H28N2O2/c1-4-19-14(18)15(2,16-13-7-8-13)9-10-17(3)11-12-5-6-12/h12-13,16H,4-11H2,1-3H3. The van der Waals surface area contributed by atoms with Gasteiger partial charge in [-0.1, -0.05) is 0 Å². The van der Waals surface area contributed by atoms with E-state index in [1.165, 1.54) is 32.2 Å². The van der Waals surface area contributed by atoms with E-state index in [-0.39, 0.29) is 5.97 Å². The average molecular weight is 268 g/mol. The molecule has 2 fully saturated rings. The van der Waals surface area contributed by atoms with Gasteiger partial charge < -0.3 is 9.64 Å². The van der Waals surface area contributed by atoms with E-state index in [2.05, 4.69) is 17.3 Å². The van der Waals surface area contributed by atoms with E-state index in [0.29, 0.717) is 12.6 Å². The Kier molecular flexibility index (Phi) is 4.85. The van der Waals surface area contributed by atoms with Crippen LogP contribution in [0.15, 0.2) is 0 Å². The summed E-state index contributed by atoms with van der Waals surface area (Å²) in [5, 5.41) is 3.48. The normalized spacial score (nSPS) is 22.3. The van der Waals surface area contributed by atoms with Crippen molar-refractivity contribution in [1.29, 1.82) is 0 Å². The minimum absolute atomic E-state index is 0.0956.